The molecule has 0 N–H and O–H groups in total. The second kappa shape index (κ2) is 5.99. The van der Waals surface area contributed by atoms with Gasteiger partial charge in [-0.05, 0) is 32.8 Å². The van der Waals surface area contributed by atoms with Crippen LogP contribution in [-0.4, -0.2) is 33.7 Å². The number of aryl methyl sites for hydroxylation is 1. The maximum absolute atomic E-state index is 12.4. The Balaban J connectivity index is 2.17. The van der Waals surface area contributed by atoms with Gasteiger partial charge in [0, 0.05) is 19.2 Å². The van der Waals surface area contributed by atoms with E-state index in [2.05, 4.69) is 5.10 Å². The van der Waals surface area contributed by atoms with Gasteiger partial charge < -0.3 is 4.90 Å². The number of aromatic nitrogens is 2. The minimum Gasteiger partial charge on any atom is -0.341 e. The summed E-state index contributed by atoms with van der Waals surface area (Å²) >= 11 is 0. The summed E-state index contributed by atoms with van der Waals surface area (Å²) in [6.07, 6.45) is 4.46. The van der Waals surface area contributed by atoms with Crippen LogP contribution in [0, 0.1) is 6.92 Å². The molecule has 1 atom stereocenters. The Hall–Kier alpha value is -1.65. The Kier molecular flexibility index (Phi) is 4.35. The third kappa shape index (κ3) is 3.22. The lowest BCUT2D eigenvalue weighted by Gasteiger charge is -2.24. The first-order valence-electron chi connectivity index (χ1n) is 6.95. The maximum Gasteiger partial charge on any atom is 0.267 e. The monoisotopic (exact) mass is 263 g/mol. The Morgan fingerprint density at radius 3 is 2.47 bits per heavy atom. The van der Waals surface area contributed by atoms with E-state index in [-0.39, 0.29) is 11.5 Å². The molecule has 1 aromatic rings. The van der Waals surface area contributed by atoms with Crippen molar-refractivity contribution in [1.29, 1.82) is 0 Å². The first-order chi connectivity index (χ1) is 9.09. The fourth-order valence-corrected chi connectivity index (χ4v) is 2.46. The number of hydrogen-bond acceptors (Lipinski definition) is 3. The molecule has 0 aliphatic carbocycles. The minimum atomic E-state index is -0.523. The van der Waals surface area contributed by atoms with Crippen molar-refractivity contribution in [1.82, 2.24) is 14.7 Å². The van der Waals surface area contributed by atoms with Crippen molar-refractivity contribution in [3.63, 3.8) is 0 Å². The van der Waals surface area contributed by atoms with Crippen LogP contribution in [0.4, 0.5) is 0 Å². The average molecular weight is 263 g/mol. The Morgan fingerprint density at radius 1 is 1.21 bits per heavy atom. The summed E-state index contributed by atoms with van der Waals surface area (Å²) in [7, 11) is 0. The van der Waals surface area contributed by atoms with Crippen molar-refractivity contribution in [3.05, 3.63) is 28.2 Å². The van der Waals surface area contributed by atoms with Crippen LogP contribution in [0.3, 0.4) is 0 Å². The number of nitrogens with zero attached hydrogens (tertiary/aromatic N) is 3. The Labute approximate surface area is 113 Å². The van der Waals surface area contributed by atoms with Crippen LogP contribution >= 0.6 is 0 Å². The van der Waals surface area contributed by atoms with Gasteiger partial charge in [0.05, 0.1) is 5.69 Å². The molecule has 1 saturated heterocycles. The number of carbonyl (C=O) groups excluding carboxylic acids is 1. The second-order valence-corrected chi connectivity index (χ2v) is 5.17. The Bertz CT molecular complexity index is 502. The van der Waals surface area contributed by atoms with Gasteiger partial charge in [0.25, 0.3) is 5.56 Å². The Morgan fingerprint density at radius 2 is 1.84 bits per heavy atom. The summed E-state index contributed by atoms with van der Waals surface area (Å²) in [6.45, 7) is 5.16. The first-order valence-corrected chi connectivity index (χ1v) is 6.95. The van der Waals surface area contributed by atoms with Gasteiger partial charge in [-0.1, -0.05) is 12.8 Å². The van der Waals surface area contributed by atoms with Crippen molar-refractivity contribution in [3.8, 4) is 0 Å². The molecule has 2 heterocycles. The normalized spacial score (nSPS) is 17.9. The van der Waals surface area contributed by atoms with Crippen molar-refractivity contribution in [2.75, 3.05) is 13.1 Å². The molecule has 0 saturated carbocycles. The number of likely N-dealkylation sites (tertiary alicyclic amines) is 1. The van der Waals surface area contributed by atoms with E-state index in [9.17, 15) is 9.59 Å². The third-order valence-electron chi connectivity index (χ3n) is 3.60. The first kappa shape index (κ1) is 13.8. The zero-order chi connectivity index (χ0) is 13.8. The second-order valence-electron chi connectivity index (χ2n) is 5.17. The number of amides is 1. The van der Waals surface area contributed by atoms with Crippen molar-refractivity contribution in [2.24, 2.45) is 0 Å². The van der Waals surface area contributed by atoms with Crippen LogP contribution < -0.4 is 5.56 Å². The van der Waals surface area contributed by atoms with Crippen LogP contribution in [0.5, 0.6) is 0 Å². The zero-order valence-electron chi connectivity index (χ0n) is 11.6. The predicted molar refractivity (Wildman–Crippen MR) is 73.0 cm³/mol. The molecule has 104 valence electrons. The molecule has 5 nitrogen and oxygen atoms in total. The molecular formula is C14H21N3O2. The highest BCUT2D eigenvalue weighted by atomic mass is 16.2. The zero-order valence-corrected chi connectivity index (χ0v) is 11.6. The van der Waals surface area contributed by atoms with Crippen molar-refractivity contribution in [2.45, 2.75) is 45.6 Å². The molecule has 0 radical (unpaired) electrons. The van der Waals surface area contributed by atoms with E-state index in [0.29, 0.717) is 0 Å². The van der Waals surface area contributed by atoms with Gasteiger partial charge in [-0.25, -0.2) is 4.68 Å². The van der Waals surface area contributed by atoms with E-state index in [1.807, 2.05) is 11.8 Å². The molecule has 5 heteroatoms. The molecule has 1 aliphatic rings. The molecule has 1 fully saturated rings. The fraction of sp³-hybridized carbons (Fsp3) is 0.643. The molecule has 1 amide bonds. The fourth-order valence-electron chi connectivity index (χ4n) is 2.46. The number of rotatable bonds is 2. The van der Waals surface area contributed by atoms with Gasteiger partial charge in [-0.3, -0.25) is 9.59 Å². The molecule has 1 unspecified atom stereocenters. The predicted octanol–water partition coefficient (Wildman–Crippen LogP) is 1.52. The topological polar surface area (TPSA) is 55.2 Å². The van der Waals surface area contributed by atoms with E-state index in [1.54, 1.807) is 13.0 Å². The lowest BCUT2D eigenvalue weighted by Crippen LogP contribution is -2.40. The summed E-state index contributed by atoms with van der Waals surface area (Å²) < 4.78 is 1.29. The van der Waals surface area contributed by atoms with E-state index in [4.69, 9.17) is 0 Å². The highest BCUT2D eigenvalue weighted by Gasteiger charge is 2.24. The lowest BCUT2D eigenvalue weighted by molar-refractivity contribution is -0.134. The van der Waals surface area contributed by atoms with Gasteiger partial charge in [0.2, 0.25) is 5.91 Å². The summed E-state index contributed by atoms with van der Waals surface area (Å²) in [5, 5.41) is 4.17. The van der Waals surface area contributed by atoms with Crippen LogP contribution in [0.2, 0.25) is 0 Å². The third-order valence-corrected chi connectivity index (χ3v) is 3.60. The van der Waals surface area contributed by atoms with Crippen LogP contribution in [0.1, 0.15) is 44.3 Å². The molecule has 0 aromatic carbocycles. The van der Waals surface area contributed by atoms with E-state index in [1.165, 1.54) is 23.6 Å². The van der Waals surface area contributed by atoms with E-state index >= 15 is 0 Å². The molecule has 0 bridgehead atoms. The van der Waals surface area contributed by atoms with Crippen LogP contribution in [0.25, 0.3) is 0 Å². The maximum atomic E-state index is 12.4. The largest absolute Gasteiger partial charge is 0.341 e. The van der Waals surface area contributed by atoms with E-state index < -0.39 is 6.04 Å². The smallest absolute Gasteiger partial charge is 0.267 e. The summed E-state index contributed by atoms with van der Waals surface area (Å²) in [5.41, 5.74) is 0.524. The van der Waals surface area contributed by atoms with Gasteiger partial charge in [-0.2, -0.15) is 5.10 Å². The minimum absolute atomic E-state index is 0.00194. The van der Waals surface area contributed by atoms with Gasteiger partial charge in [0.15, 0.2) is 0 Å². The van der Waals surface area contributed by atoms with Gasteiger partial charge >= 0.3 is 0 Å². The summed E-state index contributed by atoms with van der Waals surface area (Å²) in [6, 6.07) is 2.61. The van der Waals surface area contributed by atoms with Crippen molar-refractivity contribution >= 4 is 5.91 Å². The highest BCUT2D eigenvalue weighted by Crippen LogP contribution is 2.14. The molecule has 2 rings (SSSR count). The molecule has 1 aromatic heterocycles. The summed E-state index contributed by atoms with van der Waals surface area (Å²) in [4.78, 5) is 26.1. The standard InChI is InChI=1S/C14H21N3O2/c1-11-7-8-13(18)17(15-11)12(2)14(19)16-9-5-3-4-6-10-16/h7-8,12H,3-6,9-10H2,1-2H3. The quantitative estimate of drug-likeness (QED) is 0.813. The molecule has 19 heavy (non-hydrogen) atoms. The molecular weight excluding hydrogens is 242 g/mol. The number of carbonyl (C=O) groups is 1. The molecule has 0 spiro atoms. The van der Waals surface area contributed by atoms with Gasteiger partial charge in [-0.15, -0.1) is 0 Å². The SMILES string of the molecule is Cc1ccc(=O)n(C(C)C(=O)N2CCCCCC2)n1. The van der Waals surface area contributed by atoms with E-state index in [0.717, 1.165) is 31.6 Å². The van der Waals surface area contributed by atoms with Gasteiger partial charge in [0.1, 0.15) is 6.04 Å². The van der Waals surface area contributed by atoms with Crippen molar-refractivity contribution < 1.29 is 4.79 Å². The molecule has 1 aliphatic heterocycles. The average Bonchev–Trinajstić information content (AvgIpc) is 2.69. The lowest BCUT2D eigenvalue weighted by atomic mass is 10.2. The summed E-state index contributed by atoms with van der Waals surface area (Å²) in [5.74, 6) is 0.00194. The van der Waals surface area contributed by atoms with Crippen LogP contribution in [-0.2, 0) is 4.79 Å². The van der Waals surface area contributed by atoms with Crippen LogP contribution in [0.15, 0.2) is 16.9 Å². The number of hydrogen-bond donors (Lipinski definition) is 0. The highest BCUT2D eigenvalue weighted by molar-refractivity contribution is 5.79.